The van der Waals surface area contributed by atoms with Gasteiger partial charge in [0, 0.05) is 11.1 Å². The van der Waals surface area contributed by atoms with E-state index in [4.69, 9.17) is 29.8 Å². The number of esters is 1. The summed E-state index contributed by atoms with van der Waals surface area (Å²) in [6.45, 7) is 4.99. The molecule has 39 heavy (non-hydrogen) atoms. The summed E-state index contributed by atoms with van der Waals surface area (Å²) in [7, 11) is -4.40. The number of benzene rings is 1. The largest absolute Gasteiger partial charge is 0.462 e. The minimum Gasteiger partial charge on any atom is -0.462 e. The highest BCUT2D eigenvalue weighted by atomic mass is 31.2. The minimum absolute atomic E-state index is 0.0492. The van der Waals surface area contributed by atoms with Crippen LogP contribution in [0, 0.1) is 5.82 Å². The summed E-state index contributed by atoms with van der Waals surface area (Å²) >= 11 is 0. The van der Waals surface area contributed by atoms with Gasteiger partial charge in [0.25, 0.3) is 0 Å². The summed E-state index contributed by atoms with van der Waals surface area (Å²) in [6, 6.07) is 4.68. The van der Waals surface area contributed by atoms with Gasteiger partial charge in [0.2, 0.25) is 0 Å². The molecular weight excluding hydrogens is 540 g/mol. The zero-order valence-corrected chi connectivity index (χ0v) is 22.6. The van der Waals surface area contributed by atoms with Crippen LogP contribution in [0.5, 0.6) is 5.75 Å². The van der Waals surface area contributed by atoms with Crippen LogP contribution < -0.4 is 21.0 Å². The van der Waals surface area contributed by atoms with Crippen LogP contribution in [-0.4, -0.2) is 58.1 Å². The zero-order valence-electron chi connectivity index (χ0n) is 21.7. The molecule has 1 heterocycles. The fraction of sp³-hybridized carbons (Fsp3) is 0.500. The normalized spacial score (nSPS) is 15.9. The van der Waals surface area contributed by atoms with Crippen LogP contribution in [0.25, 0.3) is 10.4 Å². The lowest BCUT2D eigenvalue weighted by Crippen LogP contribution is -2.40. The first-order valence-electron chi connectivity index (χ1n) is 11.7. The molecule has 4 N–H and O–H groups in total. The van der Waals surface area contributed by atoms with Gasteiger partial charge in [-0.2, -0.15) is 10.1 Å². The SMILES string of the molecule is CC(C)OC(=O)[C@H](C)NP(=O)(OC[C@@H](O[C@@H](CN=[N+]=[N-])n1ccc(N)nc1=O)C(C)O)Oc1ccc(F)cc1. The van der Waals surface area contributed by atoms with E-state index in [0.29, 0.717) is 0 Å². The average Bonchev–Trinajstić information content (AvgIpc) is 2.85. The Labute approximate surface area is 223 Å². The topological polar surface area (TPSA) is 213 Å². The first-order chi connectivity index (χ1) is 18.3. The van der Waals surface area contributed by atoms with Crippen molar-refractivity contribution in [3.8, 4) is 5.75 Å². The number of carbonyl (C=O) groups excluding carboxylic acids is 1. The predicted octanol–water partition coefficient (Wildman–Crippen LogP) is 2.67. The summed E-state index contributed by atoms with van der Waals surface area (Å²) in [4.78, 5) is 30.9. The third kappa shape index (κ3) is 10.3. The Morgan fingerprint density at radius 1 is 1.28 bits per heavy atom. The van der Waals surface area contributed by atoms with Crippen LogP contribution in [0.1, 0.15) is 33.9 Å². The number of nitrogens with zero attached hydrogens (tertiary/aromatic N) is 5. The fourth-order valence-corrected chi connectivity index (χ4v) is 4.46. The van der Waals surface area contributed by atoms with E-state index in [1.165, 1.54) is 38.2 Å². The van der Waals surface area contributed by atoms with Crippen molar-refractivity contribution in [3.05, 3.63) is 63.3 Å². The Morgan fingerprint density at radius 3 is 2.51 bits per heavy atom. The molecule has 0 aliphatic carbocycles. The molecular formula is C22H31FN7O8P. The highest BCUT2D eigenvalue weighted by Gasteiger charge is 2.35. The van der Waals surface area contributed by atoms with E-state index in [9.17, 15) is 23.7 Å². The molecule has 0 radical (unpaired) electrons. The van der Waals surface area contributed by atoms with Crippen molar-refractivity contribution in [2.45, 2.75) is 58.3 Å². The minimum atomic E-state index is -4.40. The molecule has 2 aromatic rings. The highest BCUT2D eigenvalue weighted by Crippen LogP contribution is 2.45. The number of azide groups is 1. The van der Waals surface area contributed by atoms with Crippen molar-refractivity contribution in [2.75, 3.05) is 18.9 Å². The Morgan fingerprint density at radius 2 is 1.95 bits per heavy atom. The number of hydrogen-bond donors (Lipinski definition) is 3. The molecule has 0 amide bonds. The quantitative estimate of drug-likeness (QED) is 0.0929. The third-order valence-corrected chi connectivity index (χ3v) is 6.48. The molecule has 17 heteroatoms. The Kier molecular flexibility index (Phi) is 11.9. The second-order valence-electron chi connectivity index (χ2n) is 8.50. The molecule has 214 valence electrons. The number of rotatable bonds is 15. The van der Waals surface area contributed by atoms with E-state index in [1.54, 1.807) is 13.8 Å². The lowest BCUT2D eigenvalue weighted by atomic mass is 10.2. The van der Waals surface area contributed by atoms with Gasteiger partial charge in [-0.1, -0.05) is 5.11 Å². The number of halogens is 1. The summed E-state index contributed by atoms with van der Waals surface area (Å²) in [6.07, 6.45) is -2.98. The summed E-state index contributed by atoms with van der Waals surface area (Å²) in [5.74, 6) is -1.42. The van der Waals surface area contributed by atoms with Gasteiger partial charge < -0.3 is 24.8 Å². The van der Waals surface area contributed by atoms with Crippen molar-refractivity contribution in [1.29, 1.82) is 0 Å². The Balaban J connectivity index is 2.30. The molecule has 0 aliphatic rings. The molecule has 15 nitrogen and oxygen atoms in total. The molecule has 0 fully saturated rings. The maximum absolute atomic E-state index is 13.7. The first-order valence-corrected chi connectivity index (χ1v) is 13.2. The number of aromatic nitrogens is 2. The number of hydrogen-bond acceptors (Lipinski definition) is 11. The maximum atomic E-state index is 13.7. The Bertz CT molecular complexity index is 1250. The van der Waals surface area contributed by atoms with E-state index in [2.05, 4.69) is 20.1 Å². The highest BCUT2D eigenvalue weighted by molar-refractivity contribution is 7.52. The van der Waals surface area contributed by atoms with Crippen molar-refractivity contribution in [3.63, 3.8) is 0 Å². The van der Waals surface area contributed by atoms with Crippen molar-refractivity contribution in [2.24, 2.45) is 5.11 Å². The van der Waals surface area contributed by atoms with Gasteiger partial charge in [0.15, 0.2) is 0 Å². The van der Waals surface area contributed by atoms with Crippen LogP contribution in [0.15, 0.2) is 46.4 Å². The number of aliphatic hydroxyl groups excluding tert-OH is 1. The van der Waals surface area contributed by atoms with Gasteiger partial charge in [-0.05, 0) is 63.6 Å². The van der Waals surface area contributed by atoms with Crippen LogP contribution in [0.2, 0.25) is 0 Å². The maximum Gasteiger partial charge on any atom is 0.459 e. The second-order valence-corrected chi connectivity index (χ2v) is 10.2. The van der Waals surface area contributed by atoms with Crippen molar-refractivity contribution >= 4 is 19.5 Å². The summed E-state index contributed by atoms with van der Waals surface area (Å²) < 4.78 is 49.9. The monoisotopic (exact) mass is 571 g/mol. The van der Waals surface area contributed by atoms with Crippen molar-refractivity contribution < 1.29 is 37.4 Å². The number of nitrogens with one attached hydrogen (secondary N) is 1. The van der Waals surface area contributed by atoms with Crippen LogP contribution in [0.3, 0.4) is 0 Å². The van der Waals surface area contributed by atoms with Crippen molar-refractivity contribution in [1.82, 2.24) is 14.6 Å². The molecule has 1 aromatic carbocycles. The summed E-state index contributed by atoms with van der Waals surface area (Å²) in [5, 5.41) is 16.2. The number of anilines is 1. The molecule has 1 aromatic heterocycles. The Hall–Kier alpha value is -3.52. The number of nitrogens with two attached hydrogens (primary N) is 1. The smallest absolute Gasteiger partial charge is 0.459 e. The van der Waals surface area contributed by atoms with Gasteiger partial charge in [-0.25, -0.2) is 13.8 Å². The van der Waals surface area contributed by atoms with E-state index >= 15 is 0 Å². The molecule has 0 aliphatic heterocycles. The zero-order chi connectivity index (χ0) is 29.2. The van der Waals surface area contributed by atoms with Crippen LogP contribution >= 0.6 is 7.75 Å². The lowest BCUT2D eigenvalue weighted by Gasteiger charge is -2.29. The molecule has 0 saturated heterocycles. The van der Waals surface area contributed by atoms with Crippen LogP contribution in [0.4, 0.5) is 10.2 Å². The van der Waals surface area contributed by atoms with E-state index in [1.807, 2.05) is 0 Å². The fourth-order valence-electron chi connectivity index (χ4n) is 2.96. The van der Waals surface area contributed by atoms with Gasteiger partial charge in [-0.3, -0.25) is 13.9 Å². The van der Waals surface area contributed by atoms with Gasteiger partial charge >= 0.3 is 19.4 Å². The van der Waals surface area contributed by atoms with Gasteiger partial charge in [0.05, 0.1) is 25.4 Å². The van der Waals surface area contributed by atoms with Crippen LogP contribution in [-0.2, 0) is 23.4 Å². The van der Waals surface area contributed by atoms with E-state index in [0.717, 1.165) is 16.7 Å². The molecule has 2 rings (SSSR count). The summed E-state index contributed by atoms with van der Waals surface area (Å²) in [5.41, 5.74) is 13.5. The average molecular weight is 572 g/mol. The van der Waals surface area contributed by atoms with E-state index in [-0.39, 0.29) is 18.1 Å². The van der Waals surface area contributed by atoms with Gasteiger partial charge in [0.1, 0.15) is 35.8 Å². The first kappa shape index (κ1) is 31.7. The lowest BCUT2D eigenvalue weighted by molar-refractivity contribution is -0.149. The predicted molar refractivity (Wildman–Crippen MR) is 137 cm³/mol. The standard InChI is InChI=1S/C22H31FN7O8P/c1-13(2)36-21(32)14(3)28-39(34,38-17-7-5-16(23)6-8-17)35-12-18(15(4)31)37-20(11-26-29-25)30-10-9-19(24)27-22(30)33/h5-10,13-15,18,20,31H,11-12H2,1-4H3,(H,28,34)(H2,24,27,33)/t14-,15?,18+,20-,39?/m0/s1. The van der Waals surface area contributed by atoms with Gasteiger partial charge in [-0.15, -0.1) is 0 Å². The second kappa shape index (κ2) is 14.6. The number of aliphatic hydroxyl groups is 1. The molecule has 0 saturated carbocycles. The van der Waals surface area contributed by atoms with E-state index < -0.39 is 62.4 Å². The molecule has 5 atom stereocenters. The number of nitrogen functional groups attached to an aromatic ring is 1. The molecule has 0 spiro atoms. The molecule has 0 bridgehead atoms. The molecule has 2 unspecified atom stereocenters. The number of carbonyl (C=O) groups is 1. The number of ether oxygens (including phenoxy) is 2. The third-order valence-electron chi connectivity index (χ3n) is 4.84.